The fourth-order valence-corrected chi connectivity index (χ4v) is 4.35. The topological polar surface area (TPSA) is 101 Å². The molecule has 0 saturated heterocycles. The van der Waals surface area contributed by atoms with E-state index in [1.54, 1.807) is 18.2 Å². The summed E-state index contributed by atoms with van der Waals surface area (Å²) < 4.78 is 30.1. The zero-order chi connectivity index (χ0) is 26.2. The number of hydrogen-bond donors (Lipinski definition) is 2. The number of nitrogens with zero attached hydrogens (tertiary/aromatic N) is 4. The second kappa shape index (κ2) is 9.32. The summed E-state index contributed by atoms with van der Waals surface area (Å²) in [5, 5.41) is 9.72. The van der Waals surface area contributed by atoms with Crippen LogP contribution in [0.15, 0.2) is 96.2 Å². The van der Waals surface area contributed by atoms with Crippen molar-refractivity contribution in [2.75, 3.05) is 5.32 Å². The number of amides is 2. The molecule has 2 amide bonds. The standard InChI is InChI=1S/C28H18F2N6O2/c29-19-12-6-11-18(22(19)30)24-21(26-31-14-7-15-36(26)35-24)27(37)34-25-28(38)32-20-13-5-4-10-17(20)23(33-25)16-8-2-1-3-9-16/h1-15,25H,(H,32,38)(H,34,37)/t25-/m1/s1. The minimum Gasteiger partial charge on any atom is -0.322 e. The molecule has 8 nitrogen and oxygen atoms in total. The van der Waals surface area contributed by atoms with E-state index in [1.165, 1.54) is 29.0 Å². The van der Waals surface area contributed by atoms with Crippen molar-refractivity contribution >= 4 is 28.9 Å². The summed E-state index contributed by atoms with van der Waals surface area (Å²) in [6, 6.07) is 21.6. The van der Waals surface area contributed by atoms with Crippen LogP contribution in [0, 0.1) is 11.6 Å². The average molecular weight is 508 g/mol. The number of halogens is 2. The average Bonchev–Trinajstić information content (AvgIpc) is 3.26. The summed E-state index contributed by atoms with van der Waals surface area (Å²) in [4.78, 5) is 35.7. The summed E-state index contributed by atoms with van der Waals surface area (Å²) in [6.07, 6.45) is 1.63. The third kappa shape index (κ3) is 3.97. The van der Waals surface area contributed by atoms with E-state index in [0.717, 1.165) is 11.6 Å². The Morgan fingerprint density at radius 3 is 2.53 bits per heavy atom. The monoisotopic (exact) mass is 508 g/mol. The van der Waals surface area contributed by atoms with Crippen molar-refractivity contribution in [3.05, 3.63) is 120 Å². The van der Waals surface area contributed by atoms with E-state index in [4.69, 9.17) is 0 Å². The Morgan fingerprint density at radius 2 is 1.68 bits per heavy atom. The molecule has 1 aliphatic rings. The van der Waals surface area contributed by atoms with Crippen molar-refractivity contribution in [3.8, 4) is 11.3 Å². The molecule has 0 radical (unpaired) electrons. The number of benzene rings is 3. The Hall–Kier alpha value is -5.25. The summed E-state index contributed by atoms with van der Waals surface area (Å²) in [7, 11) is 0. The van der Waals surface area contributed by atoms with Crippen molar-refractivity contribution in [1.29, 1.82) is 0 Å². The minimum absolute atomic E-state index is 0.105. The van der Waals surface area contributed by atoms with Gasteiger partial charge in [-0.3, -0.25) is 9.59 Å². The van der Waals surface area contributed by atoms with Gasteiger partial charge in [-0.2, -0.15) is 5.10 Å². The third-order valence-corrected chi connectivity index (χ3v) is 6.09. The van der Waals surface area contributed by atoms with E-state index in [-0.39, 0.29) is 22.5 Å². The van der Waals surface area contributed by atoms with Crippen LogP contribution < -0.4 is 10.6 Å². The fraction of sp³-hybridized carbons (Fsp3) is 0.0357. The van der Waals surface area contributed by atoms with E-state index >= 15 is 0 Å². The van der Waals surface area contributed by atoms with Crippen LogP contribution in [0.4, 0.5) is 14.5 Å². The van der Waals surface area contributed by atoms with Gasteiger partial charge in [-0.15, -0.1) is 0 Å². The normalized spacial score (nSPS) is 14.8. The first-order valence-corrected chi connectivity index (χ1v) is 11.6. The summed E-state index contributed by atoms with van der Waals surface area (Å²) in [6.45, 7) is 0. The van der Waals surface area contributed by atoms with E-state index < -0.39 is 29.6 Å². The molecule has 1 atom stereocenters. The van der Waals surface area contributed by atoms with E-state index in [0.29, 0.717) is 17.0 Å². The molecule has 186 valence electrons. The number of carbonyl (C=O) groups is 2. The number of rotatable bonds is 4. The van der Waals surface area contributed by atoms with Crippen molar-refractivity contribution < 1.29 is 18.4 Å². The van der Waals surface area contributed by atoms with Crippen LogP contribution in [-0.4, -0.2) is 38.3 Å². The SMILES string of the molecule is O=C(N[C@H]1N=C(c2ccccc2)c2ccccc2NC1=O)c1c(-c2cccc(F)c2F)nn2cccnc12. The molecule has 38 heavy (non-hydrogen) atoms. The summed E-state index contributed by atoms with van der Waals surface area (Å²) >= 11 is 0. The second-order valence-corrected chi connectivity index (χ2v) is 8.47. The van der Waals surface area contributed by atoms with Crippen molar-refractivity contribution in [1.82, 2.24) is 19.9 Å². The molecular weight excluding hydrogens is 490 g/mol. The molecular formula is C28H18F2N6O2. The van der Waals surface area contributed by atoms with Crippen LogP contribution in [0.2, 0.25) is 0 Å². The molecule has 6 rings (SSSR count). The van der Waals surface area contributed by atoms with Gasteiger partial charge in [-0.05, 0) is 24.3 Å². The van der Waals surface area contributed by atoms with Crippen molar-refractivity contribution in [3.63, 3.8) is 0 Å². The fourth-order valence-electron chi connectivity index (χ4n) is 4.35. The van der Waals surface area contributed by atoms with E-state index in [9.17, 15) is 18.4 Å². The number of carbonyl (C=O) groups excluding carboxylic acids is 2. The number of hydrogen-bond acceptors (Lipinski definition) is 5. The number of benzodiazepines with no additional fused rings is 1. The minimum atomic E-state index is -1.34. The molecule has 0 aliphatic carbocycles. The lowest BCUT2D eigenvalue weighted by atomic mass is 10.0. The number of fused-ring (bicyclic) bond motifs is 2. The first-order valence-electron chi connectivity index (χ1n) is 11.6. The molecule has 3 heterocycles. The second-order valence-electron chi connectivity index (χ2n) is 8.47. The van der Waals surface area contributed by atoms with E-state index in [1.807, 2.05) is 42.5 Å². The van der Waals surface area contributed by atoms with Gasteiger partial charge < -0.3 is 10.6 Å². The Labute approximate surface area is 214 Å². The number of aliphatic imine (C=N–C) groups is 1. The highest BCUT2D eigenvalue weighted by Gasteiger charge is 2.31. The van der Waals surface area contributed by atoms with Gasteiger partial charge in [-0.25, -0.2) is 23.3 Å². The van der Waals surface area contributed by atoms with Crippen LogP contribution in [0.1, 0.15) is 21.5 Å². The zero-order valence-electron chi connectivity index (χ0n) is 19.6. The number of nitrogens with one attached hydrogen (secondary N) is 2. The van der Waals surface area contributed by atoms with Gasteiger partial charge in [0, 0.05) is 29.1 Å². The predicted octanol–water partition coefficient (Wildman–Crippen LogP) is 4.22. The number of anilines is 1. The molecule has 2 N–H and O–H groups in total. The van der Waals surface area contributed by atoms with Crippen LogP contribution in [0.3, 0.4) is 0 Å². The lowest BCUT2D eigenvalue weighted by Crippen LogP contribution is -2.42. The maximum absolute atomic E-state index is 14.8. The predicted molar refractivity (Wildman–Crippen MR) is 137 cm³/mol. The molecule has 1 aliphatic heterocycles. The molecule has 5 aromatic rings. The van der Waals surface area contributed by atoms with Gasteiger partial charge in [0.05, 0.1) is 11.4 Å². The quantitative estimate of drug-likeness (QED) is 0.380. The molecule has 2 aromatic heterocycles. The van der Waals surface area contributed by atoms with Crippen molar-refractivity contribution in [2.45, 2.75) is 6.17 Å². The molecule has 10 heteroatoms. The van der Waals surface area contributed by atoms with Crippen LogP contribution in [-0.2, 0) is 4.79 Å². The van der Waals surface area contributed by atoms with Gasteiger partial charge >= 0.3 is 0 Å². The van der Waals surface area contributed by atoms with Gasteiger partial charge in [0.25, 0.3) is 11.8 Å². The lowest BCUT2D eigenvalue weighted by Gasteiger charge is -2.13. The van der Waals surface area contributed by atoms with Gasteiger partial charge in [0.2, 0.25) is 6.17 Å². The summed E-state index contributed by atoms with van der Waals surface area (Å²) in [5.74, 6) is -3.59. The first kappa shape index (κ1) is 23.2. The van der Waals surface area contributed by atoms with Crippen LogP contribution in [0.5, 0.6) is 0 Å². The Bertz CT molecular complexity index is 1750. The van der Waals surface area contributed by atoms with Crippen LogP contribution >= 0.6 is 0 Å². The maximum Gasteiger partial charge on any atom is 0.269 e. The Kier molecular flexibility index (Phi) is 5.68. The zero-order valence-corrected chi connectivity index (χ0v) is 19.6. The van der Waals surface area contributed by atoms with Crippen LogP contribution in [0.25, 0.3) is 16.9 Å². The smallest absolute Gasteiger partial charge is 0.269 e. The highest BCUT2D eigenvalue weighted by molar-refractivity contribution is 6.20. The van der Waals surface area contributed by atoms with E-state index in [2.05, 4.69) is 25.7 Å². The van der Waals surface area contributed by atoms with Gasteiger partial charge in [0.15, 0.2) is 17.3 Å². The van der Waals surface area contributed by atoms with Gasteiger partial charge in [0.1, 0.15) is 11.3 Å². The lowest BCUT2D eigenvalue weighted by molar-refractivity contribution is -0.117. The largest absolute Gasteiger partial charge is 0.322 e. The first-order chi connectivity index (χ1) is 18.5. The van der Waals surface area contributed by atoms with Crippen molar-refractivity contribution in [2.24, 2.45) is 4.99 Å². The molecule has 0 unspecified atom stereocenters. The molecule has 0 fully saturated rings. The molecule has 0 bridgehead atoms. The Balaban J connectivity index is 1.46. The number of para-hydroxylation sites is 1. The highest BCUT2D eigenvalue weighted by Crippen LogP contribution is 2.29. The number of aromatic nitrogens is 3. The maximum atomic E-state index is 14.8. The third-order valence-electron chi connectivity index (χ3n) is 6.09. The molecule has 0 saturated carbocycles. The van der Waals surface area contributed by atoms with Gasteiger partial charge in [-0.1, -0.05) is 54.6 Å². The highest BCUT2D eigenvalue weighted by atomic mass is 19.2. The Morgan fingerprint density at radius 1 is 0.921 bits per heavy atom. The summed E-state index contributed by atoms with van der Waals surface area (Å²) in [5.41, 5.74) is 2.11. The molecule has 3 aromatic carbocycles. The molecule has 0 spiro atoms.